The van der Waals surface area contributed by atoms with E-state index in [0.717, 1.165) is 40.6 Å². The third-order valence-corrected chi connectivity index (χ3v) is 5.51. The summed E-state index contributed by atoms with van der Waals surface area (Å²) in [6.07, 6.45) is 6.12. The number of rotatable bonds is 8. The number of nitrogen functional groups attached to an aromatic ring is 1. The average molecular weight is 392 g/mol. The van der Waals surface area contributed by atoms with Crippen LogP contribution in [0.4, 0.5) is 11.1 Å². The smallest absolute Gasteiger partial charge is 0.203 e. The highest BCUT2D eigenvalue weighted by molar-refractivity contribution is 7.98. The van der Waals surface area contributed by atoms with Crippen molar-refractivity contribution in [2.75, 3.05) is 23.3 Å². The molecule has 0 radical (unpaired) electrons. The first-order chi connectivity index (χ1) is 12.2. The van der Waals surface area contributed by atoms with Crippen LogP contribution in [0.25, 0.3) is 0 Å². The second kappa shape index (κ2) is 8.88. The summed E-state index contributed by atoms with van der Waals surface area (Å²) in [5.41, 5.74) is 7.65. The largest absolute Gasteiger partial charge is 0.374 e. The Balaban J connectivity index is 1.45. The molecule has 0 fully saturated rings. The van der Waals surface area contributed by atoms with Crippen LogP contribution in [-0.2, 0) is 12.2 Å². The molecule has 130 valence electrons. The lowest BCUT2D eigenvalue weighted by atomic mass is 10.1. The fourth-order valence-electron chi connectivity index (χ4n) is 2.09. The number of thioether (sulfide) groups is 1. The Labute approximate surface area is 158 Å². The lowest BCUT2D eigenvalue weighted by Crippen LogP contribution is -2.08. The lowest BCUT2D eigenvalue weighted by molar-refractivity contribution is 1.02. The molecule has 3 aromatic heterocycles. The van der Waals surface area contributed by atoms with Gasteiger partial charge in [-0.1, -0.05) is 29.6 Å². The lowest BCUT2D eigenvalue weighted by Gasteiger charge is -2.07. The number of aromatic amines is 1. The van der Waals surface area contributed by atoms with Crippen molar-refractivity contribution in [3.63, 3.8) is 0 Å². The van der Waals surface area contributed by atoms with Crippen molar-refractivity contribution in [1.29, 1.82) is 0 Å². The molecule has 0 bridgehead atoms. The van der Waals surface area contributed by atoms with Gasteiger partial charge in [-0.3, -0.25) is 4.98 Å². The van der Waals surface area contributed by atoms with E-state index in [-0.39, 0.29) is 0 Å². The van der Waals surface area contributed by atoms with Crippen LogP contribution in [-0.4, -0.2) is 37.4 Å². The highest BCUT2D eigenvalue weighted by Gasteiger charge is 2.03. The first kappa shape index (κ1) is 17.8. The summed E-state index contributed by atoms with van der Waals surface area (Å²) in [5.74, 6) is 2.41. The van der Waals surface area contributed by atoms with Gasteiger partial charge in [-0.05, 0) is 11.6 Å². The number of nitrogens with two attached hydrogens (primary N) is 1. The zero-order chi connectivity index (χ0) is 17.5. The van der Waals surface area contributed by atoms with Gasteiger partial charge >= 0.3 is 0 Å². The van der Waals surface area contributed by atoms with E-state index >= 15 is 0 Å². The molecule has 0 spiro atoms. The van der Waals surface area contributed by atoms with Gasteiger partial charge in [-0.2, -0.15) is 11.8 Å². The topological polar surface area (TPSA) is 105 Å². The number of H-pyrrole nitrogens is 1. The molecular weight excluding hydrogens is 374 g/mol. The van der Waals surface area contributed by atoms with Crippen molar-refractivity contribution in [2.24, 2.45) is 0 Å². The van der Waals surface area contributed by atoms with E-state index in [0.29, 0.717) is 15.7 Å². The van der Waals surface area contributed by atoms with Crippen LogP contribution in [0.3, 0.4) is 0 Å². The minimum atomic E-state index is 0.511. The Morgan fingerprint density at radius 3 is 2.96 bits per heavy atom. The first-order valence-electron chi connectivity index (χ1n) is 7.57. The summed E-state index contributed by atoms with van der Waals surface area (Å²) >= 11 is 8.61. The van der Waals surface area contributed by atoms with Gasteiger partial charge in [-0.25, -0.2) is 4.98 Å². The van der Waals surface area contributed by atoms with E-state index in [2.05, 4.69) is 30.5 Å². The normalized spacial score (nSPS) is 10.7. The summed E-state index contributed by atoms with van der Waals surface area (Å²) in [4.78, 5) is 11.6. The van der Waals surface area contributed by atoms with E-state index in [1.165, 1.54) is 11.3 Å². The minimum absolute atomic E-state index is 0.511. The second-order valence-electron chi connectivity index (χ2n) is 5.14. The SMILES string of the molecule is Nc1nnc(CSCCNc2ncc(Cc3cccnc3)c(=S)[nH]2)s1. The molecule has 0 aliphatic carbocycles. The van der Waals surface area contributed by atoms with Crippen molar-refractivity contribution in [3.05, 3.63) is 51.5 Å². The second-order valence-corrected chi connectivity index (χ2v) is 7.74. The van der Waals surface area contributed by atoms with Crippen LogP contribution in [0.5, 0.6) is 0 Å². The van der Waals surface area contributed by atoms with Gasteiger partial charge < -0.3 is 16.0 Å². The Morgan fingerprint density at radius 1 is 1.32 bits per heavy atom. The van der Waals surface area contributed by atoms with Crippen molar-refractivity contribution in [2.45, 2.75) is 12.2 Å². The maximum absolute atomic E-state index is 5.56. The zero-order valence-electron chi connectivity index (χ0n) is 13.3. The van der Waals surface area contributed by atoms with Crippen LogP contribution < -0.4 is 11.1 Å². The van der Waals surface area contributed by atoms with Gasteiger partial charge in [0.2, 0.25) is 11.1 Å². The molecule has 0 unspecified atom stereocenters. The summed E-state index contributed by atoms with van der Waals surface area (Å²) in [6.45, 7) is 0.777. The Morgan fingerprint density at radius 2 is 2.24 bits per heavy atom. The van der Waals surface area contributed by atoms with Gasteiger partial charge in [-0.15, -0.1) is 10.2 Å². The van der Waals surface area contributed by atoms with Crippen molar-refractivity contribution < 1.29 is 0 Å². The molecule has 0 saturated carbocycles. The van der Waals surface area contributed by atoms with Crippen LogP contribution >= 0.6 is 35.3 Å². The molecule has 3 heterocycles. The van der Waals surface area contributed by atoms with Crippen molar-refractivity contribution >= 4 is 46.4 Å². The summed E-state index contributed by atoms with van der Waals surface area (Å²) in [5, 5.41) is 12.5. The maximum atomic E-state index is 5.56. The molecule has 0 atom stereocenters. The number of aromatic nitrogens is 5. The predicted octanol–water partition coefficient (Wildman–Crippen LogP) is 2.90. The van der Waals surface area contributed by atoms with Gasteiger partial charge in [0.15, 0.2) is 0 Å². The van der Waals surface area contributed by atoms with E-state index in [9.17, 15) is 0 Å². The molecule has 0 aliphatic heterocycles. The highest BCUT2D eigenvalue weighted by Crippen LogP contribution is 2.17. The minimum Gasteiger partial charge on any atom is -0.374 e. The number of nitrogens with one attached hydrogen (secondary N) is 2. The van der Waals surface area contributed by atoms with E-state index in [4.69, 9.17) is 18.0 Å². The maximum Gasteiger partial charge on any atom is 0.203 e. The van der Waals surface area contributed by atoms with Crippen molar-refractivity contribution in [3.8, 4) is 0 Å². The molecule has 0 aliphatic rings. The Hall–Kier alpha value is -2.04. The van der Waals surface area contributed by atoms with Gasteiger partial charge in [0.05, 0.1) is 0 Å². The average Bonchev–Trinajstić information content (AvgIpc) is 3.03. The number of hydrogen-bond acceptors (Lipinski definition) is 9. The Bertz CT molecular complexity index is 863. The standard InChI is InChI=1S/C15H17N7S3/c16-14-22-21-12(25-14)9-24-5-4-18-15-19-8-11(13(23)20-15)6-10-2-1-3-17-7-10/h1-3,7-8H,4-6,9H2,(H2,16,22)(H2,18,19,20,23). The third-order valence-electron chi connectivity index (χ3n) is 3.24. The number of nitrogens with zero attached hydrogens (tertiary/aromatic N) is 4. The molecule has 0 saturated heterocycles. The summed E-state index contributed by atoms with van der Waals surface area (Å²) in [7, 11) is 0. The van der Waals surface area contributed by atoms with Crippen molar-refractivity contribution in [1.82, 2.24) is 25.1 Å². The molecule has 4 N–H and O–H groups in total. The van der Waals surface area contributed by atoms with E-state index in [1.54, 1.807) is 18.0 Å². The third kappa shape index (κ3) is 5.48. The first-order valence-corrected chi connectivity index (χ1v) is 9.95. The molecule has 7 nitrogen and oxygen atoms in total. The number of anilines is 2. The molecule has 25 heavy (non-hydrogen) atoms. The van der Waals surface area contributed by atoms with Crippen LogP contribution in [0.2, 0.25) is 0 Å². The Kier molecular flexibility index (Phi) is 6.31. The quantitative estimate of drug-likeness (QED) is 0.398. The summed E-state index contributed by atoms with van der Waals surface area (Å²) in [6, 6.07) is 3.94. The van der Waals surface area contributed by atoms with Crippen LogP contribution in [0, 0.1) is 4.64 Å². The number of pyridine rings is 1. The molecule has 3 rings (SSSR count). The fourth-order valence-corrected chi connectivity index (χ4v) is 3.82. The molecule has 3 aromatic rings. The van der Waals surface area contributed by atoms with Crippen LogP contribution in [0.15, 0.2) is 30.7 Å². The van der Waals surface area contributed by atoms with E-state index in [1.807, 2.05) is 24.5 Å². The summed E-state index contributed by atoms with van der Waals surface area (Å²) < 4.78 is 0.693. The van der Waals surface area contributed by atoms with Crippen LogP contribution in [0.1, 0.15) is 16.1 Å². The molecule has 0 aromatic carbocycles. The number of hydrogen-bond donors (Lipinski definition) is 3. The van der Waals surface area contributed by atoms with Gasteiger partial charge in [0, 0.05) is 48.6 Å². The molecular formula is C15H17N7S3. The zero-order valence-corrected chi connectivity index (χ0v) is 15.8. The fraction of sp³-hybridized carbons (Fsp3) is 0.267. The highest BCUT2D eigenvalue weighted by atomic mass is 32.2. The molecule has 0 amide bonds. The molecule has 10 heteroatoms. The van der Waals surface area contributed by atoms with Gasteiger partial charge in [0.1, 0.15) is 9.65 Å². The predicted molar refractivity (Wildman–Crippen MR) is 105 cm³/mol. The monoisotopic (exact) mass is 391 g/mol. The van der Waals surface area contributed by atoms with Gasteiger partial charge in [0.25, 0.3) is 0 Å². The van der Waals surface area contributed by atoms with E-state index < -0.39 is 0 Å².